The van der Waals surface area contributed by atoms with Gasteiger partial charge in [-0.1, -0.05) is 13.8 Å². The maximum absolute atomic E-state index is 12.8. The number of morpholine rings is 1. The summed E-state index contributed by atoms with van der Waals surface area (Å²) in [6.45, 7) is 8.83. The van der Waals surface area contributed by atoms with Crippen molar-refractivity contribution in [3.05, 3.63) is 22.5 Å². The number of amides is 1. The fourth-order valence-electron chi connectivity index (χ4n) is 4.67. The van der Waals surface area contributed by atoms with Gasteiger partial charge in [-0.3, -0.25) is 14.5 Å². The summed E-state index contributed by atoms with van der Waals surface area (Å²) in [5.41, 5.74) is 3.05. The van der Waals surface area contributed by atoms with Gasteiger partial charge in [0.1, 0.15) is 5.69 Å². The Kier molecular flexibility index (Phi) is 4.65. The predicted octanol–water partition coefficient (Wildman–Crippen LogP) is 2.07. The summed E-state index contributed by atoms with van der Waals surface area (Å²) in [5, 5.41) is 3.18. The lowest BCUT2D eigenvalue weighted by molar-refractivity contribution is -0.0683. The Bertz CT molecular complexity index is 724. The molecule has 3 aliphatic rings. The molecule has 2 saturated heterocycles. The number of fused-ring (bicyclic) bond motifs is 2. The molecular formula is C20H29N3O3. The number of H-pyrrole nitrogens is 1. The quantitative estimate of drug-likeness (QED) is 0.866. The lowest BCUT2D eigenvalue weighted by atomic mass is 9.94. The average Bonchev–Trinajstić information content (AvgIpc) is 3.15. The lowest BCUT2D eigenvalue weighted by Gasteiger charge is -2.36. The van der Waals surface area contributed by atoms with Crippen LogP contribution in [-0.4, -0.2) is 59.5 Å². The van der Waals surface area contributed by atoms with E-state index >= 15 is 0 Å². The molecule has 2 N–H and O–H groups in total. The van der Waals surface area contributed by atoms with Gasteiger partial charge < -0.3 is 15.0 Å². The van der Waals surface area contributed by atoms with E-state index in [2.05, 4.69) is 29.0 Å². The van der Waals surface area contributed by atoms with Crippen molar-refractivity contribution in [2.24, 2.45) is 5.92 Å². The van der Waals surface area contributed by atoms with Crippen molar-refractivity contribution in [2.75, 3.05) is 19.7 Å². The van der Waals surface area contributed by atoms with Gasteiger partial charge in [0.25, 0.3) is 5.91 Å². The molecule has 0 unspecified atom stereocenters. The summed E-state index contributed by atoms with van der Waals surface area (Å²) in [5.74, 6) is 0.583. The summed E-state index contributed by atoms with van der Waals surface area (Å²) in [4.78, 5) is 30.7. The van der Waals surface area contributed by atoms with Gasteiger partial charge in [0.2, 0.25) is 0 Å². The van der Waals surface area contributed by atoms with Gasteiger partial charge in [0.05, 0.1) is 12.7 Å². The number of ether oxygens (including phenoxy) is 1. The van der Waals surface area contributed by atoms with E-state index in [1.165, 1.54) is 0 Å². The van der Waals surface area contributed by atoms with Crippen molar-refractivity contribution in [3.63, 3.8) is 0 Å². The number of aromatic nitrogens is 1. The highest BCUT2D eigenvalue weighted by Crippen LogP contribution is 2.28. The molecule has 0 spiro atoms. The first-order valence-electron chi connectivity index (χ1n) is 9.85. The minimum atomic E-state index is -0.0872. The van der Waals surface area contributed by atoms with E-state index in [4.69, 9.17) is 4.74 Å². The smallest absolute Gasteiger partial charge is 0.268 e. The maximum Gasteiger partial charge on any atom is 0.268 e. The fraction of sp³-hybridized carbons (Fsp3) is 0.700. The zero-order valence-corrected chi connectivity index (χ0v) is 15.9. The standard InChI is InChI=1S/C20H29N3O3/c1-11(2)17-9-23-8-13(7-14(23)10-26-17)21-20(25)19-12(3)18-15(22-19)5-4-6-16(18)24/h11,13-14,17,22H,4-10H2,1-3H3,(H,21,25)/t13-,14-,17+/m0/s1. The molecule has 2 fully saturated rings. The number of ketones is 1. The molecule has 26 heavy (non-hydrogen) atoms. The molecule has 0 radical (unpaired) electrons. The molecule has 1 aromatic rings. The second-order valence-corrected chi connectivity index (χ2v) is 8.38. The largest absolute Gasteiger partial charge is 0.375 e. The Labute approximate surface area is 154 Å². The molecule has 0 bridgehead atoms. The van der Waals surface area contributed by atoms with Crippen LogP contribution in [0.5, 0.6) is 0 Å². The minimum absolute atomic E-state index is 0.0872. The summed E-state index contributed by atoms with van der Waals surface area (Å²) in [7, 11) is 0. The van der Waals surface area contributed by atoms with Crippen molar-refractivity contribution in [1.29, 1.82) is 0 Å². The number of aryl methyl sites for hydroxylation is 1. The third kappa shape index (κ3) is 3.09. The average molecular weight is 359 g/mol. The molecule has 1 amide bonds. The van der Waals surface area contributed by atoms with Crippen molar-refractivity contribution >= 4 is 11.7 Å². The van der Waals surface area contributed by atoms with Crippen LogP contribution in [0.3, 0.4) is 0 Å². The van der Waals surface area contributed by atoms with Crippen LogP contribution in [-0.2, 0) is 11.2 Å². The van der Waals surface area contributed by atoms with Crippen LogP contribution < -0.4 is 5.32 Å². The molecule has 1 aromatic heterocycles. The Balaban J connectivity index is 1.43. The van der Waals surface area contributed by atoms with Crippen LogP contribution in [0, 0.1) is 12.8 Å². The van der Waals surface area contributed by atoms with E-state index in [1.807, 2.05) is 6.92 Å². The summed E-state index contributed by atoms with van der Waals surface area (Å²) in [6, 6.07) is 0.535. The van der Waals surface area contributed by atoms with E-state index in [1.54, 1.807) is 0 Å². The number of hydrogen-bond donors (Lipinski definition) is 2. The van der Waals surface area contributed by atoms with Crippen LogP contribution >= 0.6 is 0 Å². The number of nitrogens with one attached hydrogen (secondary N) is 2. The molecular weight excluding hydrogens is 330 g/mol. The van der Waals surface area contributed by atoms with Gasteiger partial charge in [-0.15, -0.1) is 0 Å². The normalized spacial score (nSPS) is 28.9. The van der Waals surface area contributed by atoms with Gasteiger partial charge >= 0.3 is 0 Å². The first-order valence-corrected chi connectivity index (χ1v) is 9.85. The molecule has 142 valence electrons. The van der Waals surface area contributed by atoms with Crippen LogP contribution in [0.1, 0.15) is 65.2 Å². The Hall–Kier alpha value is -1.66. The zero-order chi connectivity index (χ0) is 18.4. The number of carbonyl (C=O) groups is 2. The molecule has 0 saturated carbocycles. The predicted molar refractivity (Wildman–Crippen MR) is 98.6 cm³/mol. The van der Waals surface area contributed by atoms with E-state index in [9.17, 15) is 9.59 Å². The lowest BCUT2D eigenvalue weighted by Crippen LogP contribution is -2.48. The SMILES string of the molecule is Cc1c(C(=O)N[C@H]2C[C@H]3CO[C@@H](C(C)C)CN3C2)[nH]c2c1C(=O)CCC2. The van der Waals surface area contributed by atoms with Crippen LogP contribution in [0.25, 0.3) is 0 Å². The van der Waals surface area contributed by atoms with E-state index in [-0.39, 0.29) is 23.8 Å². The highest BCUT2D eigenvalue weighted by atomic mass is 16.5. The molecule has 0 aromatic carbocycles. The second-order valence-electron chi connectivity index (χ2n) is 8.38. The van der Waals surface area contributed by atoms with Gasteiger partial charge in [-0.2, -0.15) is 0 Å². The highest BCUT2D eigenvalue weighted by Gasteiger charge is 2.39. The Morgan fingerprint density at radius 2 is 2.12 bits per heavy atom. The fourth-order valence-corrected chi connectivity index (χ4v) is 4.67. The molecule has 3 atom stereocenters. The molecule has 4 rings (SSSR count). The van der Waals surface area contributed by atoms with Gasteiger partial charge in [-0.25, -0.2) is 0 Å². The maximum atomic E-state index is 12.8. The molecule has 3 heterocycles. The zero-order valence-electron chi connectivity index (χ0n) is 15.9. The number of Topliss-reactive ketones (excluding diaryl/α,β-unsaturated/α-hetero) is 1. The summed E-state index contributed by atoms with van der Waals surface area (Å²) < 4.78 is 5.98. The topological polar surface area (TPSA) is 74.4 Å². The highest BCUT2D eigenvalue weighted by molar-refractivity contribution is 6.04. The molecule has 6 nitrogen and oxygen atoms in total. The van der Waals surface area contributed by atoms with Crippen LogP contribution in [0.15, 0.2) is 0 Å². The first-order chi connectivity index (χ1) is 12.4. The first kappa shape index (κ1) is 17.7. The minimum Gasteiger partial charge on any atom is -0.375 e. The summed E-state index contributed by atoms with van der Waals surface area (Å²) >= 11 is 0. The Morgan fingerprint density at radius 3 is 2.85 bits per heavy atom. The van der Waals surface area contributed by atoms with Gasteiger partial charge in [0, 0.05) is 42.9 Å². The third-order valence-electron chi connectivity index (χ3n) is 6.19. The molecule has 6 heteroatoms. The molecule has 2 aliphatic heterocycles. The number of carbonyl (C=O) groups excluding carboxylic acids is 2. The van der Waals surface area contributed by atoms with Crippen LogP contribution in [0.4, 0.5) is 0 Å². The van der Waals surface area contributed by atoms with Crippen molar-refractivity contribution < 1.29 is 14.3 Å². The second kappa shape index (κ2) is 6.82. The van der Waals surface area contributed by atoms with Crippen molar-refractivity contribution in [3.8, 4) is 0 Å². The number of nitrogens with zero attached hydrogens (tertiary/aromatic N) is 1. The number of aromatic amines is 1. The van der Waals surface area contributed by atoms with Gasteiger partial charge in [-0.05, 0) is 37.7 Å². The number of hydrogen-bond acceptors (Lipinski definition) is 4. The summed E-state index contributed by atoms with van der Waals surface area (Å²) in [6.07, 6.45) is 3.51. The van der Waals surface area contributed by atoms with Crippen molar-refractivity contribution in [1.82, 2.24) is 15.2 Å². The van der Waals surface area contributed by atoms with E-state index in [0.717, 1.165) is 55.8 Å². The third-order valence-corrected chi connectivity index (χ3v) is 6.19. The van der Waals surface area contributed by atoms with Crippen molar-refractivity contribution in [2.45, 2.75) is 64.6 Å². The van der Waals surface area contributed by atoms with Crippen LogP contribution in [0.2, 0.25) is 0 Å². The Morgan fingerprint density at radius 1 is 1.31 bits per heavy atom. The number of rotatable bonds is 3. The van der Waals surface area contributed by atoms with E-state index in [0.29, 0.717) is 24.1 Å². The molecule has 1 aliphatic carbocycles. The van der Waals surface area contributed by atoms with E-state index < -0.39 is 0 Å². The monoisotopic (exact) mass is 359 g/mol. The van der Waals surface area contributed by atoms with Gasteiger partial charge in [0.15, 0.2) is 5.78 Å².